The monoisotopic (exact) mass is 251 g/mol. The van der Waals surface area contributed by atoms with Gasteiger partial charge in [0.05, 0.1) is 5.60 Å². The largest absolute Gasteiger partial charge is 0.388 e. The van der Waals surface area contributed by atoms with Crippen molar-refractivity contribution >= 4 is 11.6 Å². The average Bonchev–Trinajstić information content (AvgIpc) is 2.83. The van der Waals surface area contributed by atoms with Gasteiger partial charge in [-0.3, -0.25) is 0 Å². The molecule has 6 nitrogen and oxygen atoms in total. The Kier molecular flexibility index (Phi) is 3.98. The summed E-state index contributed by atoms with van der Waals surface area (Å²) in [6.07, 6.45) is 4.64. The third kappa shape index (κ3) is 3.08. The highest BCUT2D eigenvalue weighted by Crippen LogP contribution is 2.29. The van der Waals surface area contributed by atoms with Crippen LogP contribution in [0.1, 0.15) is 38.4 Å². The Hall–Kier alpha value is -1.40. The number of aliphatic hydroxyl groups is 1. The highest BCUT2D eigenvalue weighted by molar-refractivity contribution is 5.47. The summed E-state index contributed by atoms with van der Waals surface area (Å²) in [5, 5.41) is 13.4. The molecule has 1 heterocycles. The van der Waals surface area contributed by atoms with Crippen molar-refractivity contribution in [2.24, 2.45) is 5.84 Å². The van der Waals surface area contributed by atoms with E-state index in [1.165, 1.54) is 0 Å². The molecular formula is C12H21N5O. The van der Waals surface area contributed by atoms with Gasteiger partial charge in [0, 0.05) is 19.0 Å². The second kappa shape index (κ2) is 5.49. The second-order valence-electron chi connectivity index (χ2n) is 4.84. The van der Waals surface area contributed by atoms with Crippen LogP contribution in [-0.4, -0.2) is 27.2 Å². The molecular weight excluding hydrogens is 230 g/mol. The van der Waals surface area contributed by atoms with E-state index in [9.17, 15) is 5.11 Å². The molecule has 0 spiro atoms. The van der Waals surface area contributed by atoms with Crippen LogP contribution in [0.4, 0.5) is 11.6 Å². The molecule has 0 unspecified atom stereocenters. The highest BCUT2D eigenvalue weighted by Gasteiger charge is 2.30. The Labute approximate surface area is 107 Å². The standard InChI is InChI=1S/C12H21N5O/c1-2-9-15-10(7-11(16-9)17-13)14-8-12(18)5-3-4-6-12/h7,18H,2-6,8,13H2,1H3,(H2,14,15,16,17). The van der Waals surface area contributed by atoms with Gasteiger partial charge in [-0.15, -0.1) is 0 Å². The molecule has 18 heavy (non-hydrogen) atoms. The fraction of sp³-hybridized carbons (Fsp3) is 0.667. The fourth-order valence-electron chi connectivity index (χ4n) is 2.28. The van der Waals surface area contributed by atoms with Gasteiger partial charge >= 0.3 is 0 Å². The van der Waals surface area contributed by atoms with Gasteiger partial charge < -0.3 is 15.8 Å². The molecule has 1 aromatic heterocycles. The summed E-state index contributed by atoms with van der Waals surface area (Å²) < 4.78 is 0. The predicted molar refractivity (Wildman–Crippen MR) is 71.1 cm³/mol. The summed E-state index contributed by atoms with van der Waals surface area (Å²) >= 11 is 0. The van der Waals surface area contributed by atoms with Crippen LogP contribution < -0.4 is 16.6 Å². The first-order chi connectivity index (χ1) is 8.65. The van der Waals surface area contributed by atoms with Crippen molar-refractivity contribution in [3.63, 3.8) is 0 Å². The van der Waals surface area contributed by atoms with Crippen molar-refractivity contribution < 1.29 is 5.11 Å². The molecule has 1 saturated carbocycles. The first kappa shape index (κ1) is 13.0. The summed E-state index contributed by atoms with van der Waals surface area (Å²) in [4.78, 5) is 8.58. The van der Waals surface area contributed by atoms with E-state index in [0.717, 1.165) is 37.9 Å². The molecule has 2 rings (SSSR count). The summed E-state index contributed by atoms with van der Waals surface area (Å²) in [6, 6.07) is 1.75. The first-order valence-electron chi connectivity index (χ1n) is 6.46. The lowest BCUT2D eigenvalue weighted by molar-refractivity contribution is 0.0614. The van der Waals surface area contributed by atoms with Crippen molar-refractivity contribution in [2.75, 3.05) is 17.3 Å². The third-order valence-corrected chi connectivity index (χ3v) is 3.37. The summed E-state index contributed by atoms with van der Waals surface area (Å²) in [5.41, 5.74) is 1.94. The number of anilines is 2. The number of rotatable bonds is 5. The molecule has 0 saturated heterocycles. The summed E-state index contributed by atoms with van der Waals surface area (Å²) in [7, 11) is 0. The van der Waals surface area contributed by atoms with Crippen LogP contribution in [0.3, 0.4) is 0 Å². The average molecular weight is 251 g/mol. The molecule has 1 fully saturated rings. The number of aryl methyl sites for hydroxylation is 1. The number of nitrogens with two attached hydrogens (primary N) is 1. The Morgan fingerprint density at radius 3 is 2.61 bits per heavy atom. The van der Waals surface area contributed by atoms with E-state index in [2.05, 4.69) is 20.7 Å². The van der Waals surface area contributed by atoms with E-state index >= 15 is 0 Å². The summed E-state index contributed by atoms with van der Waals surface area (Å²) in [5.74, 6) is 7.39. The van der Waals surface area contributed by atoms with E-state index in [0.29, 0.717) is 18.2 Å². The van der Waals surface area contributed by atoms with E-state index in [1.54, 1.807) is 6.07 Å². The Bertz CT molecular complexity index is 381. The fourth-order valence-corrected chi connectivity index (χ4v) is 2.28. The second-order valence-corrected chi connectivity index (χ2v) is 4.84. The lowest BCUT2D eigenvalue weighted by atomic mass is 10.0. The van der Waals surface area contributed by atoms with Crippen LogP contribution in [-0.2, 0) is 6.42 Å². The maximum Gasteiger partial charge on any atom is 0.145 e. The Morgan fingerprint density at radius 2 is 2.00 bits per heavy atom. The number of aromatic nitrogens is 2. The highest BCUT2D eigenvalue weighted by atomic mass is 16.3. The van der Waals surface area contributed by atoms with Crippen LogP contribution in [0.2, 0.25) is 0 Å². The van der Waals surface area contributed by atoms with Gasteiger partial charge in [0.2, 0.25) is 0 Å². The maximum absolute atomic E-state index is 10.3. The van der Waals surface area contributed by atoms with E-state index in [1.807, 2.05) is 6.92 Å². The van der Waals surface area contributed by atoms with Crippen LogP contribution in [0.15, 0.2) is 6.07 Å². The van der Waals surface area contributed by atoms with Gasteiger partial charge in [0.15, 0.2) is 0 Å². The lowest BCUT2D eigenvalue weighted by Crippen LogP contribution is -2.33. The summed E-state index contributed by atoms with van der Waals surface area (Å²) in [6.45, 7) is 2.51. The van der Waals surface area contributed by atoms with Gasteiger partial charge in [-0.1, -0.05) is 19.8 Å². The molecule has 1 aliphatic carbocycles. The van der Waals surface area contributed by atoms with Crippen molar-refractivity contribution in [1.82, 2.24) is 9.97 Å². The van der Waals surface area contributed by atoms with Gasteiger partial charge in [0.1, 0.15) is 17.5 Å². The van der Waals surface area contributed by atoms with Crippen LogP contribution >= 0.6 is 0 Å². The lowest BCUT2D eigenvalue weighted by Gasteiger charge is -2.22. The molecule has 1 aliphatic rings. The van der Waals surface area contributed by atoms with Crippen molar-refractivity contribution in [2.45, 2.75) is 44.6 Å². The third-order valence-electron chi connectivity index (χ3n) is 3.37. The zero-order chi connectivity index (χ0) is 13.0. The van der Waals surface area contributed by atoms with Crippen LogP contribution in [0, 0.1) is 0 Å². The SMILES string of the molecule is CCc1nc(NN)cc(NCC2(O)CCCC2)n1. The number of hydrogen-bond acceptors (Lipinski definition) is 6. The molecule has 0 aliphatic heterocycles. The van der Waals surface area contributed by atoms with Gasteiger partial charge in [-0.25, -0.2) is 15.8 Å². The quantitative estimate of drug-likeness (QED) is 0.461. The topological polar surface area (TPSA) is 96.1 Å². The van der Waals surface area contributed by atoms with Crippen molar-refractivity contribution in [1.29, 1.82) is 0 Å². The van der Waals surface area contributed by atoms with Gasteiger partial charge in [-0.05, 0) is 12.8 Å². The minimum Gasteiger partial charge on any atom is -0.388 e. The van der Waals surface area contributed by atoms with Gasteiger partial charge in [-0.2, -0.15) is 0 Å². The molecule has 1 aromatic rings. The van der Waals surface area contributed by atoms with Crippen LogP contribution in [0.25, 0.3) is 0 Å². The minimum absolute atomic E-state index is 0.525. The zero-order valence-electron chi connectivity index (χ0n) is 10.7. The normalized spacial score (nSPS) is 17.7. The molecule has 0 bridgehead atoms. The molecule has 6 heteroatoms. The van der Waals surface area contributed by atoms with Crippen LogP contribution in [0.5, 0.6) is 0 Å². The Morgan fingerprint density at radius 1 is 1.33 bits per heavy atom. The molecule has 5 N–H and O–H groups in total. The zero-order valence-corrected chi connectivity index (χ0v) is 10.7. The maximum atomic E-state index is 10.3. The van der Waals surface area contributed by atoms with Crippen molar-refractivity contribution in [3.05, 3.63) is 11.9 Å². The number of nitrogens with zero attached hydrogens (tertiary/aromatic N) is 2. The first-order valence-corrected chi connectivity index (χ1v) is 6.46. The molecule has 100 valence electrons. The molecule has 0 amide bonds. The minimum atomic E-state index is -0.590. The van der Waals surface area contributed by atoms with E-state index in [4.69, 9.17) is 5.84 Å². The van der Waals surface area contributed by atoms with E-state index in [-0.39, 0.29) is 0 Å². The molecule has 0 radical (unpaired) electrons. The smallest absolute Gasteiger partial charge is 0.145 e. The van der Waals surface area contributed by atoms with Crippen molar-refractivity contribution in [3.8, 4) is 0 Å². The molecule has 0 aromatic carbocycles. The number of nitrogens with one attached hydrogen (secondary N) is 2. The number of nitrogen functional groups attached to an aromatic ring is 1. The predicted octanol–water partition coefficient (Wildman–Crippen LogP) is 1.04. The number of hydrazine groups is 1. The Balaban J connectivity index is 2.04. The number of hydrogen-bond donors (Lipinski definition) is 4. The van der Waals surface area contributed by atoms with Gasteiger partial charge in [0.25, 0.3) is 0 Å². The van der Waals surface area contributed by atoms with E-state index < -0.39 is 5.60 Å². The molecule has 0 atom stereocenters.